The van der Waals surface area contributed by atoms with Crippen LogP contribution in [0.3, 0.4) is 0 Å². The van der Waals surface area contributed by atoms with Gasteiger partial charge in [0, 0.05) is 39.6 Å². The molecule has 0 spiro atoms. The third kappa shape index (κ3) is 2.83. The Bertz CT molecular complexity index is 587. The SMILES string of the molecule is CCC1SCCSC1C(N)c1ccc2cccnc2c1. The van der Waals surface area contributed by atoms with Crippen LogP contribution in [0, 0.1) is 0 Å². The zero-order valence-electron chi connectivity index (χ0n) is 11.7. The highest BCUT2D eigenvalue weighted by atomic mass is 32.2. The lowest BCUT2D eigenvalue weighted by Crippen LogP contribution is -2.35. The second-order valence-corrected chi connectivity index (χ2v) is 7.77. The molecule has 106 valence electrons. The van der Waals surface area contributed by atoms with Crippen molar-refractivity contribution in [1.82, 2.24) is 4.98 Å². The molecule has 0 amide bonds. The number of hydrogen-bond acceptors (Lipinski definition) is 4. The third-order valence-electron chi connectivity index (χ3n) is 3.86. The Morgan fingerprint density at radius 3 is 3.00 bits per heavy atom. The standard InChI is InChI=1S/C16H20N2S2/c1-2-14-16(20-9-8-19-14)15(17)12-6-5-11-4-3-7-18-13(11)10-12/h3-7,10,14-16H,2,8-9,17H2,1H3. The Balaban J connectivity index is 1.89. The van der Waals surface area contributed by atoms with Crippen molar-refractivity contribution in [2.24, 2.45) is 5.73 Å². The molecule has 0 bridgehead atoms. The number of benzene rings is 1. The lowest BCUT2D eigenvalue weighted by molar-refractivity contribution is 0.631. The normalized spacial score (nSPS) is 24.7. The van der Waals surface area contributed by atoms with E-state index in [0.29, 0.717) is 10.5 Å². The molecule has 2 aromatic rings. The summed E-state index contributed by atoms with van der Waals surface area (Å²) in [5.74, 6) is 2.47. The van der Waals surface area contributed by atoms with E-state index in [4.69, 9.17) is 5.73 Å². The molecule has 1 aliphatic heterocycles. The molecule has 3 rings (SSSR count). The van der Waals surface area contributed by atoms with Gasteiger partial charge in [0.15, 0.2) is 0 Å². The van der Waals surface area contributed by atoms with Gasteiger partial charge in [-0.3, -0.25) is 4.98 Å². The van der Waals surface area contributed by atoms with Gasteiger partial charge in [0.1, 0.15) is 0 Å². The summed E-state index contributed by atoms with van der Waals surface area (Å²) in [6, 6.07) is 10.6. The third-order valence-corrected chi connectivity index (χ3v) is 7.23. The van der Waals surface area contributed by atoms with E-state index in [1.165, 1.54) is 28.9 Å². The van der Waals surface area contributed by atoms with Gasteiger partial charge in [-0.25, -0.2) is 0 Å². The summed E-state index contributed by atoms with van der Waals surface area (Å²) in [6.07, 6.45) is 3.04. The van der Waals surface area contributed by atoms with Crippen LogP contribution in [0.5, 0.6) is 0 Å². The van der Waals surface area contributed by atoms with E-state index >= 15 is 0 Å². The molecular weight excluding hydrogens is 284 g/mol. The number of aromatic nitrogens is 1. The lowest BCUT2D eigenvalue weighted by Gasteiger charge is -2.34. The monoisotopic (exact) mass is 304 g/mol. The predicted octanol–water partition coefficient (Wildman–Crippen LogP) is 3.86. The number of nitrogens with two attached hydrogens (primary N) is 1. The van der Waals surface area contributed by atoms with Gasteiger partial charge in [-0.15, -0.1) is 0 Å². The maximum absolute atomic E-state index is 6.56. The van der Waals surface area contributed by atoms with E-state index in [1.807, 2.05) is 24.0 Å². The number of hydrogen-bond donors (Lipinski definition) is 1. The molecule has 2 heterocycles. The highest BCUT2D eigenvalue weighted by molar-refractivity contribution is 8.07. The molecule has 0 aliphatic carbocycles. The second-order valence-electron chi connectivity index (χ2n) is 5.13. The van der Waals surface area contributed by atoms with E-state index in [0.717, 1.165) is 5.52 Å². The van der Waals surface area contributed by atoms with Crippen molar-refractivity contribution >= 4 is 34.4 Å². The van der Waals surface area contributed by atoms with Crippen molar-refractivity contribution in [1.29, 1.82) is 0 Å². The number of rotatable bonds is 3. The van der Waals surface area contributed by atoms with Gasteiger partial charge in [-0.2, -0.15) is 23.5 Å². The van der Waals surface area contributed by atoms with E-state index in [9.17, 15) is 0 Å². The summed E-state index contributed by atoms with van der Waals surface area (Å²) in [5, 5.41) is 2.37. The van der Waals surface area contributed by atoms with Gasteiger partial charge in [-0.1, -0.05) is 25.1 Å². The molecule has 3 unspecified atom stereocenters. The Labute approximate surface area is 128 Å². The quantitative estimate of drug-likeness (QED) is 0.934. The molecule has 1 fully saturated rings. The van der Waals surface area contributed by atoms with Gasteiger partial charge in [-0.05, 0) is 24.1 Å². The van der Waals surface area contributed by atoms with Crippen LogP contribution < -0.4 is 5.73 Å². The number of thioether (sulfide) groups is 2. The summed E-state index contributed by atoms with van der Waals surface area (Å²) in [4.78, 5) is 4.44. The fourth-order valence-electron chi connectivity index (χ4n) is 2.75. The molecule has 0 saturated carbocycles. The minimum Gasteiger partial charge on any atom is -0.323 e. The van der Waals surface area contributed by atoms with E-state index in [-0.39, 0.29) is 6.04 Å². The van der Waals surface area contributed by atoms with Crippen LogP contribution in [0.2, 0.25) is 0 Å². The predicted molar refractivity (Wildman–Crippen MR) is 91.5 cm³/mol. The summed E-state index contributed by atoms with van der Waals surface area (Å²) in [5.41, 5.74) is 8.83. The fourth-order valence-corrected chi connectivity index (χ4v) is 5.93. The van der Waals surface area contributed by atoms with E-state index < -0.39 is 0 Å². The van der Waals surface area contributed by atoms with Crippen LogP contribution >= 0.6 is 23.5 Å². The molecule has 1 saturated heterocycles. The second kappa shape index (κ2) is 6.37. The molecule has 1 aliphatic rings. The summed E-state index contributed by atoms with van der Waals surface area (Å²) in [7, 11) is 0. The van der Waals surface area contributed by atoms with Crippen LogP contribution in [0.15, 0.2) is 36.5 Å². The summed E-state index contributed by atoms with van der Waals surface area (Å²) < 4.78 is 0. The minimum absolute atomic E-state index is 0.101. The molecule has 2 nitrogen and oxygen atoms in total. The smallest absolute Gasteiger partial charge is 0.0705 e. The maximum atomic E-state index is 6.56. The zero-order chi connectivity index (χ0) is 13.9. The van der Waals surface area contributed by atoms with Crippen molar-refractivity contribution in [3.8, 4) is 0 Å². The van der Waals surface area contributed by atoms with Crippen molar-refractivity contribution in [2.75, 3.05) is 11.5 Å². The first-order chi connectivity index (χ1) is 9.79. The molecule has 1 aromatic carbocycles. The first kappa shape index (κ1) is 14.2. The van der Waals surface area contributed by atoms with Crippen LogP contribution in [0.25, 0.3) is 10.9 Å². The maximum Gasteiger partial charge on any atom is 0.0705 e. The summed E-state index contributed by atoms with van der Waals surface area (Å²) in [6.45, 7) is 2.27. The Kier molecular flexibility index (Phi) is 4.54. The average molecular weight is 304 g/mol. The number of pyridine rings is 1. The van der Waals surface area contributed by atoms with Gasteiger partial charge in [0.25, 0.3) is 0 Å². The number of fused-ring (bicyclic) bond motifs is 1. The Hall–Kier alpha value is -0.710. The van der Waals surface area contributed by atoms with Crippen LogP contribution in [0.1, 0.15) is 24.9 Å². The molecule has 20 heavy (non-hydrogen) atoms. The average Bonchev–Trinajstić information content (AvgIpc) is 2.53. The van der Waals surface area contributed by atoms with Crippen LogP contribution in [-0.4, -0.2) is 27.0 Å². The number of nitrogens with zero attached hydrogens (tertiary/aromatic N) is 1. The lowest BCUT2D eigenvalue weighted by atomic mass is 9.99. The highest BCUT2D eigenvalue weighted by Gasteiger charge is 2.30. The van der Waals surface area contributed by atoms with Gasteiger partial charge < -0.3 is 5.73 Å². The van der Waals surface area contributed by atoms with Gasteiger partial charge in [0.05, 0.1) is 5.52 Å². The Morgan fingerprint density at radius 2 is 2.15 bits per heavy atom. The van der Waals surface area contributed by atoms with Crippen molar-refractivity contribution in [2.45, 2.75) is 29.9 Å². The topological polar surface area (TPSA) is 38.9 Å². The van der Waals surface area contributed by atoms with Gasteiger partial charge in [0.2, 0.25) is 0 Å². The van der Waals surface area contributed by atoms with Crippen molar-refractivity contribution < 1.29 is 0 Å². The van der Waals surface area contributed by atoms with E-state index in [1.54, 1.807) is 0 Å². The first-order valence-electron chi connectivity index (χ1n) is 7.13. The molecular formula is C16H20N2S2. The van der Waals surface area contributed by atoms with E-state index in [2.05, 4.69) is 47.9 Å². The molecule has 4 heteroatoms. The van der Waals surface area contributed by atoms with Crippen molar-refractivity contribution in [3.63, 3.8) is 0 Å². The fraction of sp³-hybridized carbons (Fsp3) is 0.438. The first-order valence-corrected chi connectivity index (χ1v) is 9.23. The Morgan fingerprint density at radius 1 is 1.30 bits per heavy atom. The van der Waals surface area contributed by atoms with Crippen molar-refractivity contribution in [3.05, 3.63) is 42.1 Å². The minimum atomic E-state index is 0.101. The zero-order valence-corrected chi connectivity index (χ0v) is 13.3. The summed E-state index contributed by atoms with van der Waals surface area (Å²) >= 11 is 4.12. The van der Waals surface area contributed by atoms with Crippen LogP contribution in [-0.2, 0) is 0 Å². The molecule has 2 N–H and O–H groups in total. The highest BCUT2D eigenvalue weighted by Crippen LogP contribution is 2.39. The molecule has 3 atom stereocenters. The molecule has 0 radical (unpaired) electrons. The van der Waals surface area contributed by atoms with Crippen LogP contribution in [0.4, 0.5) is 0 Å². The van der Waals surface area contributed by atoms with Gasteiger partial charge >= 0.3 is 0 Å². The largest absolute Gasteiger partial charge is 0.323 e. The molecule has 1 aromatic heterocycles.